The van der Waals surface area contributed by atoms with E-state index < -0.39 is 0 Å². The van der Waals surface area contributed by atoms with E-state index in [1.165, 1.54) is 5.56 Å². The number of amides is 2. The molecule has 0 unspecified atom stereocenters. The van der Waals surface area contributed by atoms with Gasteiger partial charge in [-0.25, -0.2) is 0 Å². The number of rotatable bonds is 8. The van der Waals surface area contributed by atoms with Crippen LogP contribution in [0.15, 0.2) is 53.1 Å². The van der Waals surface area contributed by atoms with Crippen LogP contribution in [0.3, 0.4) is 0 Å². The van der Waals surface area contributed by atoms with Crippen LogP contribution in [0.25, 0.3) is 0 Å². The first-order chi connectivity index (χ1) is 14.3. The van der Waals surface area contributed by atoms with Crippen LogP contribution < -0.4 is 5.32 Å². The van der Waals surface area contributed by atoms with Crippen LogP contribution in [0, 0.1) is 5.41 Å². The van der Waals surface area contributed by atoms with Gasteiger partial charge in [0.25, 0.3) is 0 Å². The van der Waals surface area contributed by atoms with Gasteiger partial charge in [-0.1, -0.05) is 44.2 Å². The Labute approximate surface area is 178 Å². The van der Waals surface area contributed by atoms with Crippen molar-refractivity contribution in [1.82, 2.24) is 10.2 Å². The average Bonchev–Trinajstić information content (AvgIpc) is 3.08. The third-order valence-corrected chi connectivity index (χ3v) is 7.32. The molecule has 1 saturated carbocycles. The molecule has 1 aliphatic heterocycles. The first-order valence-electron chi connectivity index (χ1n) is 10.9. The Bertz CT molecular complexity index is 906. The van der Waals surface area contributed by atoms with Gasteiger partial charge in [-0.2, -0.15) is 0 Å². The molecular formula is C25H32N2O3. The Kier molecular flexibility index (Phi) is 5.25. The molecule has 0 spiro atoms. The van der Waals surface area contributed by atoms with E-state index in [4.69, 9.17) is 4.42 Å². The molecule has 0 bridgehead atoms. The number of hydrogen-bond donors (Lipinski definition) is 1. The molecule has 2 amide bonds. The Morgan fingerprint density at radius 1 is 1.17 bits per heavy atom. The summed E-state index contributed by atoms with van der Waals surface area (Å²) in [7, 11) is 1.91. The zero-order valence-corrected chi connectivity index (χ0v) is 18.2. The van der Waals surface area contributed by atoms with Gasteiger partial charge >= 0.3 is 0 Å². The van der Waals surface area contributed by atoms with E-state index >= 15 is 0 Å². The monoisotopic (exact) mass is 408 g/mol. The van der Waals surface area contributed by atoms with Crippen molar-refractivity contribution < 1.29 is 14.0 Å². The maximum atomic E-state index is 13.1. The normalized spacial score (nSPS) is 27.0. The fourth-order valence-corrected chi connectivity index (χ4v) is 5.28. The Morgan fingerprint density at radius 2 is 1.90 bits per heavy atom. The van der Waals surface area contributed by atoms with E-state index in [1.807, 2.05) is 30.1 Å². The van der Waals surface area contributed by atoms with Crippen LogP contribution in [0.4, 0.5) is 0 Å². The average molecular weight is 409 g/mol. The van der Waals surface area contributed by atoms with Crippen LogP contribution in [-0.4, -0.2) is 35.8 Å². The highest BCUT2D eigenvalue weighted by Crippen LogP contribution is 2.64. The van der Waals surface area contributed by atoms with E-state index in [0.29, 0.717) is 25.7 Å². The number of carbonyl (C=O) groups is 2. The van der Waals surface area contributed by atoms with Gasteiger partial charge in [-0.15, -0.1) is 0 Å². The molecule has 1 aromatic carbocycles. The molecule has 160 valence electrons. The Balaban J connectivity index is 1.41. The van der Waals surface area contributed by atoms with E-state index in [1.54, 1.807) is 6.26 Å². The highest BCUT2D eigenvalue weighted by Gasteiger charge is 2.62. The van der Waals surface area contributed by atoms with Gasteiger partial charge in [-0.05, 0) is 42.4 Å². The summed E-state index contributed by atoms with van der Waals surface area (Å²) in [6, 6.07) is 14.3. The lowest BCUT2D eigenvalue weighted by Gasteiger charge is -2.31. The quantitative estimate of drug-likeness (QED) is 0.716. The molecule has 2 aliphatic rings. The molecule has 1 aromatic heterocycles. The minimum absolute atomic E-state index is 0.0199. The smallest absolute Gasteiger partial charge is 0.222 e. The van der Waals surface area contributed by atoms with Crippen molar-refractivity contribution in [2.75, 3.05) is 13.6 Å². The van der Waals surface area contributed by atoms with E-state index in [9.17, 15) is 9.59 Å². The molecule has 5 nitrogen and oxygen atoms in total. The highest BCUT2D eigenvalue weighted by atomic mass is 16.3. The lowest BCUT2D eigenvalue weighted by atomic mass is 9.86. The summed E-state index contributed by atoms with van der Waals surface area (Å²) in [6.45, 7) is 5.29. The summed E-state index contributed by atoms with van der Waals surface area (Å²) < 4.78 is 5.51. The largest absolute Gasteiger partial charge is 0.469 e. The van der Waals surface area contributed by atoms with Gasteiger partial charge in [-0.3, -0.25) is 9.59 Å². The summed E-state index contributed by atoms with van der Waals surface area (Å²) in [6.07, 6.45) is 5.66. The zero-order valence-electron chi connectivity index (χ0n) is 18.2. The van der Waals surface area contributed by atoms with E-state index in [2.05, 4.69) is 43.4 Å². The van der Waals surface area contributed by atoms with Crippen molar-refractivity contribution in [3.8, 4) is 0 Å². The first kappa shape index (κ1) is 20.7. The molecule has 5 heteroatoms. The van der Waals surface area contributed by atoms with Gasteiger partial charge in [0.05, 0.1) is 6.26 Å². The van der Waals surface area contributed by atoms with Gasteiger partial charge in [0.15, 0.2) is 0 Å². The lowest BCUT2D eigenvalue weighted by molar-refractivity contribution is -0.131. The third kappa shape index (κ3) is 3.90. The predicted octanol–water partition coefficient (Wildman–Crippen LogP) is 4.08. The SMILES string of the molecule is CN(C[C@]1(c2ccccc2)CC1(C)C)C(=O)CC[C@@]1(Cc2ccco2)CCC(=O)N1. The van der Waals surface area contributed by atoms with Crippen LogP contribution >= 0.6 is 0 Å². The minimum Gasteiger partial charge on any atom is -0.469 e. The van der Waals surface area contributed by atoms with Gasteiger partial charge in [0.2, 0.25) is 11.8 Å². The third-order valence-electron chi connectivity index (χ3n) is 7.32. The molecule has 4 rings (SSSR count). The topological polar surface area (TPSA) is 62.6 Å². The molecule has 0 radical (unpaired) electrons. The van der Waals surface area contributed by atoms with Crippen molar-refractivity contribution in [3.05, 3.63) is 60.1 Å². The first-order valence-corrected chi connectivity index (χ1v) is 10.9. The molecule has 30 heavy (non-hydrogen) atoms. The maximum Gasteiger partial charge on any atom is 0.222 e. The lowest BCUT2D eigenvalue weighted by Crippen LogP contribution is -2.45. The van der Waals surface area contributed by atoms with Crippen molar-refractivity contribution in [2.24, 2.45) is 5.41 Å². The fraction of sp³-hybridized carbons (Fsp3) is 0.520. The second kappa shape index (κ2) is 7.60. The van der Waals surface area contributed by atoms with Crippen molar-refractivity contribution in [3.63, 3.8) is 0 Å². The van der Waals surface area contributed by atoms with Crippen molar-refractivity contribution >= 4 is 11.8 Å². The van der Waals surface area contributed by atoms with Gasteiger partial charge in [0, 0.05) is 43.8 Å². The van der Waals surface area contributed by atoms with E-state index in [-0.39, 0.29) is 28.2 Å². The van der Waals surface area contributed by atoms with Crippen LogP contribution in [0.2, 0.25) is 0 Å². The molecule has 2 atom stereocenters. The molecule has 2 aromatic rings. The number of furan rings is 1. The van der Waals surface area contributed by atoms with Gasteiger partial charge in [0.1, 0.15) is 5.76 Å². The summed E-state index contributed by atoms with van der Waals surface area (Å²) in [5.74, 6) is 1.04. The van der Waals surface area contributed by atoms with Crippen molar-refractivity contribution in [2.45, 2.75) is 63.3 Å². The molecule has 1 N–H and O–H groups in total. The molecule has 2 heterocycles. The van der Waals surface area contributed by atoms with Crippen molar-refractivity contribution in [1.29, 1.82) is 0 Å². The standard InChI is InChI=1S/C25H32N2O3/c1-23(2)17-25(23,19-8-5-4-6-9-19)18-27(3)22(29)12-14-24(13-11-21(28)26-24)16-20-10-7-15-30-20/h4-10,15H,11-14,16-18H2,1-3H3,(H,26,28)/t24-,25+/m1/s1. The summed E-state index contributed by atoms with van der Waals surface area (Å²) in [5.41, 5.74) is 1.13. The van der Waals surface area contributed by atoms with Crippen LogP contribution in [-0.2, 0) is 21.4 Å². The second-order valence-corrected chi connectivity index (χ2v) is 9.84. The number of benzene rings is 1. The predicted molar refractivity (Wildman–Crippen MR) is 116 cm³/mol. The summed E-state index contributed by atoms with van der Waals surface area (Å²) in [5, 5.41) is 3.13. The van der Waals surface area contributed by atoms with Crippen LogP contribution in [0.5, 0.6) is 0 Å². The fourth-order valence-electron chi connectivity index (χ4n) is 5.28. The number of nitrogens with one attached hydrogen (secondary N) is 1. The minimum atomic E-state index is -0.387. The number of likely N-dealkylation sites (N-methyl/N-ethyl adjacent to an activating group) is 1. The molecular weight excluding hydrogens is 376 g/mol. The highest BCUT2D eigenvalue weighted by molar-refractivity contribution is 5.80. The number of hydrogen-bond acceptors (Lipinski definition) is 3. The number of carbonyl (C=O) groups excluding carboxylic acids is 2. The maximum absolute atomic E-state index is 13.1. The van der Waals surface area contributed by atoms with E-state index in [0.717, 1.165) is 25.1 Å². The molecule has 2 fully saturated rings. The molecule has 1 saturated heterocycles. The Hall–Kier alpha value is -2.56. The number of nitrogens with zero attached hydrogens (tertiary/aromatic N) is 1. The summed E-state index contributed by atoms with van der Waals surface area (Å²) in [4.78, 5) is 26.9. The van der Waals surface area contributed by atoms with Gasteiger partial charge < -0.3 is 14.6 Å². The zero-order chi connectivity index (χ0) is 21.4. The second-order valence-electron chi connectivity index (χ2n) is 9.84. The Morgan fingerprint density at radius 3 is 2.47 bits per heavy atom. The molecule has 1 aliphatic carbocycles. The summed E-state index contributed by atoms with van der Waals surface area (Å²) >= 11 is 0. The van der Waals surface area contributed by atoms with Crippen LogP contribution in [0.1, 0.15) is 57.3 Å².